The van der Waals surface area contributed by atoms with Crippen LogP contribution in [0, 0.1) is 5.92 Å². The summed E-state index contributed by atoms with van der Waals surface area (Å²) >= 11 is 0. The van der Waals surface area contributed by atoms with Crippen LogP contribution in [0.3, 0.4) is 0 Å². The highest BCUT2D eigenvalue weighted by atomic mass is 14.1. The number of hydrogen-bond donors (Lipinski definition) is 0. The fraction of sp³-hybridized carbons (Fsp3) is 1.00. The van der Waals surface area contributed by atoms with Crippen molar-refractivity contribution in [1.82, 2.24) is 0 Å². The molecule has 0 heterocycles. The van der Waals surface area contributed by atoms with Gasteiger partial charge in [-0.2, -0.15) is 0 Å². The third kappa shape index (κ3) is 24.0. The maximum absolute atomic E-state index is 2.49. The summed E-state index contributed by atoms with van der Waals surface area (Å²) in [5.74, 6) is 0.970. The zero-order valence-corrected chi connectivity index (χ0v) is 19.8. The van der Waals surface area contributed by atoms with E-state index in [-0.39, 0.29) is 0 Å². The van der Waals surface area contributed by atoms with Gasteiger partial charge >= 0.3 is 0 Å². The highest BCUT2D eigenvalue weighted by molar-refractivity contribution is 4.56. The van der Waals surface area contributed by atoms with Crippen molar-refractivity contribution in [2.75, 3.05) is 0 Å². The molecule has 0 saturated carbocycles. The smallest absolute Gasteiger partial charge is 0.0443 e. The van der Waals surface area contributed by atoms with Gasteiger partial charge in [0.25, 0.3) is 0 Å². The molecule has 0 aliphatic heterocycles. The third-order valence-electron chi connectivity index (χ3n) is 6.35. The summed E-state index contributed by atoms with van der Waals surface area (Å²) in [4.78, 5) is 0. The summed E-state index contributed by atoms with van der Waals surface area (Å²) < 4.78 is 0. The van der Waals surface area contributed by atoms with E-state index in [9.17, 15) is 0 Å². The average Bonchev–Trinajstić information content (AvgIpc) is 2.67. The molecule has 0 saturated heterocycles. The molecule has 0 rings (SSSR count). The van der Waals surface area contributed by atoms with Crippen LogP contribution in [0.25, 0.3) is 0 Å². The molecule has 0 bridgehead atoms. The lowest BCUT2D eigenvalue weighted by Gasteiger charge is -2.11. The van der Waals surface area contributed by atoms with Crippen molar-refractivity contribution in [2.24, 2.45) is 5.92 Å². The van der Waals surface area contributed by atoms with Crippen LogP contribution >= 0.6 is 0 Å². The van der Waals surface area contributed by atoms with E-state index < -0.39 is 0 Å². The van der Waals surface area contributed by atoms with Crippen LogP contribution in [0.5, 0.6) is 0 Å². The standard InChI is InChI=1S/C27H56/c1-4-6-8-10-12-14-16-18-20-22-24-26-27(3)25-23-21-19-17-15-13-11-9-7-5-2/h27H,4-26H2,1-3H3. The van der Waals surface area contributed by atoms with Gasteiger partial charge in [-0.1, -0.05) is 168 Å². The van der Waals surface area contributed by atoms with Crippen LogP contribution in [0.2, 0.25) is 0 Å². The highest BCUT2D eigenvalue weighted by Crippen LogP contribution is 2.19. The lowest BCUT2D eigenvalue weighted by Crippen LogP contribution is -1.95. The quantitative estimate of drug-likeness (QED) is 0.155. The Labute approximate surface area is 174 Å². The van der Waals surface area contributed by atoms with Gasteiger partial charge in [-0.3, -0.25) is 0 Å². The van der Waals surface area contributed by atoms with E-state index in [1.165, 1.54) is 148 Å². The fourth-order valence-electron chi connectivity index (χ4n) is 4.28. The Kier molecular flexibility index (Phi) is 24.0. The zero-order valence-electron chi connectivity index (χ0n) is 19.8. The lowest BCUT2D eigenvalue weighted by molar-refractivity contribution is 0.429. The van der Waals surface area contributed by atoms with Gasteiger partial charge in [0.2, 0.25) is 0 Å². The molecule has 0 fully saturated rings. The van der Waals surface area contributed by atoms with Crippen LogP contribution in [0.15, 0.2) is 0 Å². The minimum absolute atomic E-state index is 0.970. The molecule has 0 aromatic carbocycles. The van der Waals surface area contributed by atoms with Gasteiger partial charge in [-0.05, 0) is 5.92 Å². The second kappa shape index (κ2) is 24.0. The monoisotopic (exact) mass is 380 g/mol. The van der Waals surface area contributed by atoms with Gasteiger partial charge in [0.05, 0.1) is 0 Å². The van der Waals surface area contributed by atoms with Crippen LogP contribution < -0.4 is 0 Å². The Bertz CT molecular complexity index is 244. The van der Waals surface area contributed by atoms with Crippen molar-refractivity contribution >= 4 is 0 Å². The molecule has 1 unspecified atom stereocenters. The van der Waals surface area contributed by atoms with Gasteiger partial charge in [-0.25, -0.2) is 0 Å². The van der Waals surface area contributed by atoms with Crippen LogP contribution in [-0.2, 0) is 0 Å². The van der Waals surface area contributed by atoms with Crippen LogP contribution in [0.1, 0.15) is 168 Å². The fourth-order valence-corrected chi connectivity index (χ4v) is 4.28. The third-order valence-corrected chi connectivity index (χ3v) is 6.35. The van der Waals surface area contributed by atoms with E-state index in [0.717, 1.165) is 5.92 Å². The van der Waals surface area contributed by atoms with Crippen LogP contribution in [-0.4, -0.2) is 0 Å². The maximum Gasteiger partial charge on any atom is -0.0443 e. The van der Waals surface area contributed by atoms with Crippen molar-refractivity contribution in [3.8, 4) is 0 Å². The largest absolute Gasteiger partial charge is 0.0654 e. The number of hydrogen-bond acceptors (Lipinski definition) is 0. The first-order valence-corrected chi connectivity index (χ1v) is 13.3. The Hall–Kier alpha value is 0. The SMILES string of the molecule is CCCCCCCCCCCCCC(C)CCCCCCCCCCCC. The molecule has 0 aromatic heterocycles. The number of unbranched alkanes of at least 4 members (excludes halogenated alkanes) is 19. The molecule has 0 spiro atoms. The molecule has 0 heteroatoms. The first kappa shape index (κ1) is 27.0. The molecule has 164 valence electrons. The van der Waals surface area contributed by atoms with Gasteiger partial charge in [0.1, 0.15) is 0 Å². The summed E-state index contributed by atoms with van der Waals surface area (Å²) in [5, 5.41) is 0. The topological polar surface area (TPSA) is 0 Å². The molecule has 0 amide bonds. The summed E-state index contributed by atoms with van der Waals surface area (Å²) in [6.45, 7) is 7.10. The Morgan fingerprint density at radius 2 is 0.556 bits per heavy atom. The summed E-state index contributed by atoms with van der Waals surface area (Å²) in [5.41, 5.74) is 0. The van der Waals surface area contributed by atoms with Crippen molar-refractivity contribution in [3.05, 3.63) is 0 Å². The van der Waals surface area contributed by atoms with Gasteiger partial charge < -0.3 is 0 Å². The van der Waals surface area contributed by atoms with E-state index in [1.54, 1.807) is 0 Å². The molecule has 0 radical (unpaired) electrons. The lowest BCUT2D eigenvalue weighted by atomic mass is 9.95. The van der Waals surface area contributed by atoms with E-state index in [2.05, 4.69) is 20.8 Å². The first-order valence-electron chi connectivity index (χ1n) is 13.3. The molecule has 1 atom stereocenters. The molecule has 0 nitrogen and oxygen atoms in total. The van der Waals surface area contributed by atoms with Gasteiger partial charge in [-0.15, -0.1) is 0 Å². The Morgan fingerprint density at radius 3 is 0.815 bits per heavy atom. The van der Waals surface area contributed by atoms with Crippen molar-refractivity contribution in [3.63, 3.8) is 0 Å². The summed E-state index contributed by atoms with van der Waals surface area (Å²) in [7, 11) is 0. The van der Waals surface area contributed by atoms with Gasteiger partial charge in [0.15, 0.2) is 0 Å². The molecular formula is C27H56. The van der Waals surface area contributed by atoms with E-state index in [1.807, 2.05) is 0 Å². The van der Waals surface area contributed by atoms with Crippen molar-refractivity contribution < 1.29 is 0 Å². The molecule has 0 N–H and O–H groups in total. The second-order valence-corrected chi connectivity index (χ2v) is 9.40. The highest BCUT2D eigenvalue weighted by Gasteiger charge is 2.02. The van der Waals surface area contributed by atoms with Gasteiger partial charge in [0, 0.05) is 0 Å². The predicted octanol–water partition coefficient (Wildman–Crippen LogP) is 10.6. The molecular weight excluding hydrogens is 324 g/mol. The van der Waals surface area contributed by atoms with Crippen molar-refractivity contribution in [2.45, 2.75) is 168 Å². The van der Waals surface area contributed by atoms with Crippen molar-refractivity contribution in [1.29, 1.82) is 0 Å². The predicted molar refractivity (Wildman–Crippen MR) is 127 cm³/mol. The maximum atomic E-state index is 2.49. The zero-order chi connectivity index (χ0) is 19.8. The second-order valence-electron chi connectivity index (χ2n) is 9.40. The minimum atomic E-state index is 0.970. The molecule has 0 aliphatic rings. The van der Waals surface area contributed by atoms with E-state index >= 15 is 0 Å². The molecule has 0 aromatic rings. The Balaban J connectivity index is 3.12. The average molecular weight is 381 g/mol. The van der Waals surface area contributed by atoms with Crippen LogP contribution in [0.4, 0.5) is 0 Å². The molecule has 27 heavy (non-hydrogen) atoms. The summed E-state index contributed by atoms with van der Waals surface area (Å²) in [6.07, 6.45) is 33.8. The number of rotatable bonds is 23. The Morgan fingerprint density at radius 1 is 0.333 bits per heavy atom. The van der Waals surface area contributed by atoms with E-state index in [0.29, 0.717) is 0 Å². The van der Waals surface area contributed by atoms with E-state index in [4.69, 9.17) is 0 Å². The summed E-state index contributed by atoms with van der Waals surface area (Å²) in [6, 6.07) is 0. The first-order chi connectivity index (χ1) is 13.3. The minimum Gasteiger partial charge on any atom is -0.0654 e. The molecule has 0 aliphatic carbocycles. The normalized spacial score (nSPS) is 12.6.